The third-order valence-corrected chi connectivity index (χ3v) is 5.32. The highest BCUT2D eigenvalue weighted by Gasteiger charge is 2.15. The Morgan fingerprint density at radius 1 is 1.03 bits per heavy atom. The lowest BCUT2D eigenvalue weighted by Gasteiger charge is -2.09. The van der Waals surface area contributed by atoms with E-state index < -0.39 is 5.97 Å². The standard InChI is InChI=1S/C22H18N2O4S/c1-14-23-21(28-24-14)13-29-20-6-4-3-5-19(20)22(25)27-18-10-8-15-7-9-17(26-2)11-16(15)12-18/h3-12H,13H2,1-2H3. The smallest absolute Gasteiger partial charge is 0.344 e. The maximum Gasteiger partial charge on any atom is 0.344 e. The van der Waals surface area contributed by atoms with Crippen LogP contribution in [0.1, 0.15) is 22.1 Å². The predicted octanol–water partition coefficient (Wildman–Crippen LogP) is 5.05. The van der Waals surface area contributed by atoms with E-state index in [-0.39, 0.29) is 0 Å². The largest absolute Gasteiger partial charge is 0.497 e. The number of rotatable bonds is 6. The van der Waals surface area contributed by atoms with E-state index in [1.54, 1.807) is 26.2 Å². The molecule has 0 atom stereocenters. The molecule has 4 rings (SSSR count). The van der Waals surface area contributed by atoms with Crippen molar-refractivity contribution < 1.29 is 18.8 Å². The number of benzene rings is 3. The van der Waals surface area contributed by atoms with Crippen LogP contribution in [0.3, 0.4) is 0 Å². The molecule has 0 aliphatic rings. The molecule has 0 saturated heterocycles. The van der Waals surface area contributed by atoms with Gasteiger partial charge in [0, 0.05) is 4.90 Å². The summed E-state index contributed by atoms with van der Waals surface area (Å²) in [5.74, 6) is 2.38. The molecule has 0 fully saturated rings. The normalized spacial score (nSPS) is 10.8. The van der Waals surface area contributed by atoms with E-state index in [0.717, 1.165) is 21.4 Å². The minimum absolute atomic E-state index is 0.419. The van der Waals surface area contributed by atoms with Crippen molar-refractivity contribution in [3.63, 3.8) is 0 Å². The Morgan fingerprint density at radius 3 is 2.55 bits per heavy atom. The summed E-state index contributed by atoms with van der Waals surface area (Å²) in [6.07, 6.45) is 0. The lowest BCUT2D eigenvalue weighted by atomic mass is 10.1. The number of thioether (sulfide) groups is 1. The number of hydrogen-bond acceptors (Lipinski definition) is 7. The number of carbonyl (C=O) groups is 1. The molecule has 1 heterocycles. The van der Waals surface area contributed by atoms with E-state index in [2.05, 4.69) is 10.1 Å². The molecule has 146 valence electrons. The van der Waals surface area contributed by atoms with Crippen LogP contribution in [0.5, 0.6) is 11.5 Å². The van der Waals surface area contributed by atoms with Gasteiger partial charge in [0.25, 0.3) is 0 Å². The van der Waals surface area contributed by atoms with E-state index in [9.17, 15) is 4.79 Å². The van der Waals surface area contributed by atoms with Crippen LogP contribution >= 0.6 is 11.8 Å². The van der Waals surface area contributed by atoms with Gasteiger partial charge in [-0.1, -0.05) is 29.4 Å². The van der Waals surface area contributed by atoms with Gasteiger partial charge in [-0.15, -0.1) is 11.8 Å². The second-order valence-electron chi connectivity index (χ2n) is 6.28. The molecule has 29 heavy (non-hydrogen) atoms. The fourth-order valence-corrected chi connectivity index (χ4v) is 3.73. The van der Waals surface area contributed by atoms with Gasteiger partial charge in [-0.05, 0) is 54.1 Å². The number of nitrogens with zero attached hydrogens (tertiary/aromatic N) is 2. The van der Waals surface area contributed by atoms with Crippen LogP contribution in [0, 0.1) is 6.92 Å². The summed E-state index contributed by atoms with van der Waals surface area (Å²) in [4.78, 5) is 17.8. The number of aryl methyl sites for hydroxylation is 1. The number of carbonyl (C=O) groups excluding carboxylic acids is 1. The molecule has 4 aromatic rings. The zero-order valence-electron chi connectivity index (χ0n) is 15.9. The van der Waals surface area contributed by atoms with Crippen molar-refractivity contribution in [2.45, 2.75) is 17.6 Å². The summed E-state index contributed by atoms with van der Waals surface area (Å²) in [5, 5.41) is 5.75. The van der Waals surface area contributed by atoms with E-state index in [0.29, 0.717) is 28.8 Å². The van der Waals surface area contributed by atoms with Crippen LogP contribution in [0.2, 0.25) is 0 Å². The molecular formula is C22H18N2O4S. The Labute approximate surface area is 171 Å². The minimum atomic E-state index is -0.419. The lowest BCUT2D eigenvalue weighted by molar-refractivity contribution is 0.0731. The zero-order chi connectivity index (χ0) is 20.2. The Morgan fingerprint density at radius 2 is 1.79 bits per heavy atom. The van der Waals surface area contributed by atoms with Gasteiger partial charge >= 0.3 is 5.97 Å². The van der Waals surface area contributed by atoms with Crippen LogP contribution in [0.15, 0.2) is 70.1 Å². The molecule has 6 nitrogen and oxygen atoms in total. The van der Waals surface area contributed by atoms with Crippen molar-refractivity contribution in [2.24, 2.45) is 0 Å². The summed E-state index contributed by atoms with van der Waals surface area (Å²) < 4.78 is 16.0. The highest BCUT2D eigenvalue weighted by molar-refractivity contribution is 7.98. The van der Waals surface area contributed by atoms with Gasteiger partial charge in [0.1, 0.15) is 11.5 Å². The van der Waals surface area contributed by atoms with Crippen LogP contribution in [0.25, 0.3) is 10.8 Å². The Hall–Kier alpha value is -3.32. The number of ether oxygens (including phenoxy) is 2. The molecule has 0 aliphatic heterocycles. The molecule has 0 aliphatic carbocycles. The topological polar surface area (TPSA) is 74.5 Å². The average Bonchev–Trinajstić information content (AvgIpc) is 3.17. The minimum Gasteiger partial charge on any atom is -0.497 e. The third kappa shape index (κ3) is 4.41. The van der Waals surface area contributed by atoms with Crippen LogP contribution in [-0.4, -0.2) is 23.2 Å². The highest BCUT2D eigenvalue weighted by atomic mass is 32.2. The van der Waals surface area contributed by atoms with Gasteiger partial charge in [-0.2, -0.15) is 4.98 Å². The average molecular weight is 406 g/mol. The predicted molar refractivity (Wildman–Crippen MR) is 110 cm³/mol. The summed E-state index contributed by atoms with van der Waals surface area (Å²) in [7, 11) is 1.62. The fourth-order valence-electron chi connectivity index (χ4n) is 2.85. The molecule has 7 heteroatoms. The van der Waals surface area contributed by atoms with Crippen LogP contribution in [-0.2, 0) is 5.75 Å². The molecule has 3 aromatic carbocycles. The fraction of sp³-hybridized carbons (Fsp3) is 0.136. The van der Waals surface area contributed by atoms with Crippen molar-refractivity contribution in [1.29, 1.82) is 0 Å². The van der Waals surface area contributed by atoms with Crippen molar-refractivity contribution in [2.75, 3.05) is 7.11 Å². The molecule has 0 radical (unpaired) electrons. The number of esters is 1. The molecule has 0 bridgehead atoms. The zero-order valence-corrected chi connectivity index (χ0v) is 16.7. The second kappa shape index (κ2) is 8.36. The molecule has 0 spiro atoms. The molecule has 1 aromatic heterocycles. The van der Waals surface area contributed by atoms with Crippen molar-refractivity contribution >= 4 is 28.5 Å². The lowest BCUT2D eigenvalue weighted by Crippen LogP contribution is -2.09. The maximum atomic E-state index is 12.8. The van der Waals surface area contributed by atoms with E-state index >= 15 is 0 Å². The van der Waals surface area contributed by atoms with E-state index in [1.165, 1.54) is 11.8 Å². The summed E-state index contributed by atoms with van der Waals surface area (Å²) >= 11 is 1.45. The van der Waals surface area contributed by atoms with Gasteiger partial charge in [0.15, 0.2) is 5.82 Å². The molecule has 0 amide bonds. The SMILES string of the molecule is COc1ccc2ccc(OC(=O)c3ccccc3SCc3nc(C)no3)cc2c1. The number of hydrogen-bond donors (Lipinski definition) is 0. The van der Waals surface area contributed by atoms with E-state index in [1.807, 2.05) is 48.5 Å². The van der Waals surface area contributed by atoms with Crippen molar-refractivity contribution in [1.82, 2.24) is 10.1 Å². The molecular weight excluding hydrogens is 388 g/mol. The quantitative estimate of drug-likeness (QED) is 0.252. The Balaban J connectivity index is 1.53. The first kappa shape index (κ1) is 19.0. The molecule has 0 unspecified atom stereocenters. The Kier molecular flexibility index (Phi) is 5.48. The summed E-state index contributed by atoms with van der Waals surface area (Å²) in [5.41, 5.74) is 0.486. The summed E-state index contributed by atoms with van der Waals surface area (Å²) in [6, 6.07) is 18.6. The van der Waals surface area contributed by atoms with Gasteiger partial charge in [-0.25, -0.2) is 4.79 Å². The van der Waals surface area contributed by atoms with E-state index in [4.69, 9.17) is 14.0 Å². The van der Waals surface area contributed by atoms with Gasteiger partial charge < -0.3 is 14.0 Å². The summed E-state index contributed by atoms with van der Waals surface area (Å²) in [6.45, 7) is 1.77. The van der Waals surface area contributed by atoms with Crippen LogP contribution in [0.4, 0.5) is 0 Å². The third-order valence-electron chi connectivity index (χ3n) is 4.26. The van der Waals surface area contributed by atoms with Crippen molar-refractivity contribution in [3.05, 3.63) is 77.9 Å². The van der Waals surface area contributed by atoms with Crippen LogP contribution < -0.4 is 9.47 Å². The van der Waals surface area contributed by atoms with Gasteiger partial charge in [0.05, 0.1) is 18.4 Å². The molecule has 0 saturated carbocycles. The number of aromatic nitrogens is 2. The first-order chi connectivity index (χ1) is 14.1. The first-order valence-electron chi connectivity index (χ1n) is 8.93. The second-order valence-corrected chi connectivity index (χ2v) is 7.30. The van der Waals surface area contributed by atoms with Crippen molar-refractivity contribution in [3.8, 4) is 11.5 Å². The molecule has 0 N–H and O–H groups in total. The Bertz CT molecular complexity index is 1170. The highest BCUT2D eigenvalue weighted by Crippen LogP contribution is 2.29. The maximum absolute atomic E-state index is 12.8. The van der Waals surface area contributed by atoms with Gasteiger partial charge in [-0.3, -0.25) is 0 Å². The monoisotopic (exact) mass is 406 g/mol. The first-order valence-corrected chi connectivity index (χ1v) is 9.92. The van der Waals surface area contributed by atoms with Gasteiger partial charge in [0.2, 0.25) is 5.89 Å². The number of methoxy groups -OCH3 is 1. The number of fused-ring (bicyclic) bond motifs is 1.